The van der Waals surface area contributed by atoms with Gasteiger partial charge in [-0.1, -0.05) is 6.92 Å². The summed E-state index contributed by atoms with van der Waals surface area (Å²) in [4.78, 5) is 4.67. The normalized spacial score (nSPS) is 20.9. The molecule has 0 saturated heterocycles. The van der Waals surface area contributed by atoms with Crippen LogP contribution in [-0.4, -0.2) is 16.1 Å². The molecule has 14 heavy (non-hydrogen) atoms. The van der Waals surface area contributed by atoms with Crippen molar-refractivity contribution in [2.75, 3.05) is 6.54 Å². The minimum Gasteiger partial charge on any atom is -0.328 e. The Bertz CT molecular complexity index is 328. The van der Waals surface area contributed by atoms with Crippen molar-refractivity contribution in [3.05, 3.63) is 17.2 Å². The first-order valence-electron chi connectivity index (χ1n) is 5.54. The third-order valence-corrected chi connectivity index (χ3v) is 3.23. The van der Waals surface area contributed by atoms with Crippen LogP contribution in [0.4, 0.5) is 0 Å². The predicted molar refractivity (Wildman–Crippen MR) is 57.4 cm³/mol. The molecule has 3 nitrogen and oxygen atoms in total. The van der Waals surface area contributed by atoms with Gasteiger partial charge in [-0.25, -0.2) is 4.98 Å². The van der Waals surface area contributed by atoms with E-state index < -0.39 is 0 Å². The summed E-state index contributed by atoms with van der Waals surface area (Å²) < 4.78 is 2.36. The standard InChI is InChI=1S/C11H19N3/c1-3-10-8(2)14-9(7-12)5-4-6-11(14)13-10/h9H,3-7,12H2,1-2H3. The zero-order chi connectivity index (χ0) is 10.1. The molecule has 1 aromatic heterocycles. The first-order chi connectivity index (χ1) is 6.77. The number of nitrogens with zero attached hydrogens (tertiary/aromatic N) is 2. The summed E-state index contributed by atoms with van der Waals surface area (Å²) in [5, 5.41) is 0. The maximum atomic E-state index is 5.79. The average Bonchev–Trinajstić information content (AvgIpc) is 2.55. The average molecular weight is 193 g/mol. The highest BCUT2D eigenvalue weighted by molar-refractivity contribution is 5.18. The molecule has 0 aliphatic carbocycles. The van der Waals surface area contributed by atoms with Gasteiger partial charge in [-0.15, -0.1) is 0 Å². The lowest BCUT2D eigenvalue weighted by Crippen LogP contribution is -2.25. The molecule has 0 radical (unpaired) electrons. The molecule has 2 heterocycles. The quantitative estimate of drug-likeness (QED) is 0.775. The van der Waals surface area contributed by atoms with E-state index in [0.717, 1.165) is 19.4 Å². The molecule has 1 atom stereocenters. The van der Waals surface area contributed by atoms with Gasteiger partial charge < -0.3 is 10.3 Å². The van der Waals surface area contributed by atoms with Crippen LogP contribution < -0.4 is 5.73 Å². The highest BCUT2D eigenvalue weighted by Gasteiger charge is 2.22. The summed E-state index contributed by atoms with van der Waals surface area (Å²) in [5.74, 6) is 1.25. The van der Waals surface area contributed by atoms with Gasteiger partial charge in [0.25, 0.3) is 0 Å². The molecule has 2 rings (SSSR count). The maximum Gasteiger partial charge on any atom is 0.109 e. The van der Waals surface area contributed by atoms with E-state index in [9.17, 15) is 0 Å². The Morgan fingerprint density at radius 1 is 1.57 bits per heavy atom. The summed E-state index contributed by atoms with van der Waals surface area (Å²) in [7, 11) is 0. The molecule has 0 amide bonds. The Hall–Kier alpha value is -0.830. The molecule has 0 bridgehead atoms. The lowest BCUT2D eigenvalue weighted by atomic mass is 10.0. The predicted octanol–water partition coefficient (Wildman–Crippen LogP) is 1.59. The fourth-order valence-electron chi connectivity index (χ4n) is 2.47. The second-order valence-electron chi connectivity index (χ2n) is 4.07. The van der Waals surface area contributed by atoms with Crippen LogP contribution in [0.1, 0.15) is 43.0 Å². The zero-order valence-electron chi connectivity index (χ0n) is 9.08. The van der Waals surface area contributed by atoms with Crippen molar-refractivity contribution in [2.24, 2.45) is 5.73 Å². The summed E-state index contributed by atoms with van der Waals surface area (Å²) in [5.41, 5.74) is 8.37. The van der Waals surface area contributed by atoms with E-state index in [1.54, 1.807) is 0 Å². The van der Waals surface area contributed by atoms with Crippen molar-refractivity contribution in [2.45, 2.75) is 45.6 Å². The molecule has 0 spiro atoms. The van der Waals surface area contributed by atoms with Gasteiger partial charge in [-0.05, 0) is 26.2 Å². The third-order valence-electron chi connectivity index (χ3n) is 3.23. The number of fused-ring (bicyclic) bond motifs is 1. The second kappa shape index (κ2) is 3.73. The molecular weight excluding hydrogens is 174 g/mol. The molecule has 0 fully saturated rings. The van der Waals surface area contributed by atoms with Gasteiger partial charge in [0.2, 0.25) is 0 Å². The van der Waals surface area contributed by atoms with E-state index in [2.05, 4.69) is 23.4 Å². The van der Waals surface area contributed by atoms with Gasteiger partial charge in [0.05, 0.1) is 5.69 Å². The van der Waals surface area contributed by atoms with Crippen LogP contribution in [0.15, 0.2) is 0 Å². The Balaban J connectivity index is 2.45. The Morgan fingerprint density at radius 2 is 2.36 bits per heavy atom. The highest BCUT2D eigenvalue weighted by Crippen LogP contribution is 2.27. The van der Waals surface area contributed by atoms with Crippen LogP contribution in [0.2, 0.25) is 0 Å². The minimum absolute atomic E-state index is 0.492. The zero-order valence-corrected chi connectivity index (χ0v) is 9.08. The number of hydrogen-bond acceptors (Lipinski definition) is 2. The molecule has 1 unspecified atom stereocenters. The lowest BCUT2D eigenvalue weighted by Gasteiger charge is -2.25. The van der Waals surface area contributed by atoms with E-state index in [4.69, 9.17) is 5.73 Å². The van der Waals surface area contributed by atoms with Gasteiger partial charge in [-0.3, -0.25) is 0 Å². The van der Waals surface area contributed by atoms with E-state index in [1.165, 1.54) is 30.1 Å². The van der Waals surface area contributed by atoms with Crippen molar-refractivity contribution < 1.29 is 0 Å². The van der Waals surface area contributed by atoms with Gasteiger partial charge in [0, 0.05) is 24.7 Å². The smallest absolute Gasteiger partial charge is 0.109 e. The van der Waals surface area contributed by atoms with Crippen molar-refractivity contribution in [1.82, 2.24) is 9.55 Å². The van der Waals surface area contributed by atoms with Crippen LogP contribution in [0, 0.1) is 6.92 Å². The fourth-order valence-corrected chi connectivity index (χ4v) is 2.47. The van der Waals surface area contributed by atoms with E-state index in [1.807, 2.05) is 0 Å². The number of aryl methyl sites for hydroxylation is 2. The van der Waals surface area contributed by atoms with E-state index in [-0.39, 0.29) is 0 Å². The van der Waals surface area contributed by atoms with Gasteiger partial charge in [0.1, 0.15) is 5.82 Å². The van der Waals surface area contributed by atoms with Gasteiger partial charge in [0.15, 0.2) is 0 Å². The summed E-state index contributed by atoms with van der Waals surface area (Å²) in [6.45, 7) is 5.08. The Morgan fingerprint density at radius 3 is 3.00 bits per heavy atom. The molecule has 1 aliphatic heterocycles. The van der Waals surface area contributed by atoms with Crippen LogP contribution in [0.5, 0.6) is 0 Å². The first-order valence-corrected chi connectivity index (χ1v) is 5.54. The summed E-state index contributed by atoms with van der Waals surface area (Å²) in [6.07, 6.45) is 4.60. The van der Waals surface area contributed by atoms with Crippen molar-refractivity contribution in [3.8, 4) is 0 Å². The van der Waals surface area contributed by atoms with Crippen molar-refractivity contribution in [1.29, 1.82) is 0 Å². The second-order valence-corrected chi connectivity index (χ2v) is 4.07. The molecule has 78 valence electrons. The van der Waals surface area contributed by atoms with Crippen LogP contribution >= 0.6 is 0 Å². The van der Waals surface area contributed by atoms with Crippen molar-refractivity contribution >= 4 is 0 Å². The molecule has 0 saturated carbocycles. The fraction of sp³-hybridized carbons (Fsp3) is 0.727. The number of imidazole rings is 1. The number of aromatic nitrogens is 2. The van der Waals surface area contributed by atoms with Gasteiger partial charge >= 0.3 is 0 Å². The summed E-state index contributed by atoms with van der Waals surface area (Å²) in [6, 6.07) is 0.492. The molecule has 0 aromatic carbocycles. The summed E-state index contributed by atoms with van der Waals surface area (Å²) >= 11 is 0. The van der Waals surface area contributed by atoms with Crippen LogP contribution in [-0.2, 0) is 12.8 Å². The lowest BCUT2D eigenvalue weighted by molar-refractivity contribution is 0.398. The monoisotopic (exact) mass is 193 g/mol. The Kier molecular flexibility index (Phi) is 2.59. The molecular formula is C11H19N3. The van der Waals surface area contributed by atoms with Crippen molar-refractivity contribution in [3.63, 3.8) is 0 Å². The van der Waals surface area contributed by atoms with E-state index in [0.29, 0.717) is 6.04 Å². The third kappa shape index (κ3) is 1.36. The minimum atomic E-state index is 0.492. The largest absolute Gasteiger partial charge is 0.328 e. The topological polar surface area (TPSA) is 43.8 Å². The highest BCUT2D eigenvalue weighted by atomic mass is 15.1. The van der Waals surface area contributed by atoms with E-state index >= 15 is 0 Å². The van der Waals surface area contributed by atoms with Crippen LogP contribution in [0.3, 0.4) is 0 Å². The molecule has 1 aromatic rings. The number of hydrogen-bond donors (Lipinski definition) is 1. The molecule has 3 heteroatoms. The number of rotatable bonds is 2. The Labute approximate surface area is 85.3 Å². The SMILES string of the molecule is CCc1nc2n(c1C)C(CN)CCC2. The van der Waals surface area contributed by atoms with Gasteiger partial charge in [-0.2, -0.15) is 0 Å². The molecule has 2 N–H and O–H groups in total. The van der Waals surface area contributed by atoms with Crippen LogP contribution in [0.25, 0.3) is 0 Å². The maximum absolute atomic E-state index is 5.79. The first kappa shape index (κ1) is 9.71. The molecule has 1 aliphatic rings. The number of nitrogens with two attached hydrogens (primary N) is 1.